The lowest BCUT2D eigenvalue weighted by Gasteiger charge is -2.09. The summed E-state index contributed by atoms with van der Waals surface area (Å²) < 4.78 is 43.5. The van der Waals surface area contributed by atoms with E-state index in [1.54, 1.807) is 24.3 Å². The molecule has 1 aromatic rings. The van der Waals surface area contributed by atoms with Crippen molar-refractivity contribution in [2.24, 2.45) is 0 Å². The third-order valence-electron chi connectivity index (χ3n) is 6.35. The Morgan fingerprint density at radius 2 is 0.930 bits per heavy atom. The van der Waals surface area contributed by atoms with Crippen LogP contribution in [0.2, 0.25) is 0 Å². The van der Waals surface area contributed by atoms with E-state index in [2.05, 4.69) is 6.92 Å². The van der Waals surface area contributed by atoms with Gasteiger partial charge in [-0.15, -0.1) is 0 Å². The van der Waals surface area contributed by atoms with Gasteiger partial charge in [-0.05, 0) is 30.7 Å². The zero-order chi connectivity index (χ0) is 30.9. The zero-order valence-corrected chi connectivity index (χ0v) is 26.4. The molecule has 0 N–H and O–H groups in total. The van der Waals surface area contributed by atoms with Crippen molar-refractivity contribution in [1.29, 1.82) is 0 Å². The van der Waals surface area contributed by atoms with E-state index in [4.69, 9.17) is 37.9 Å². The summed E-state index contributed by atoms with van der Waals surface area (Å²) in [6.45, 7) is 8.62. The smallest absolute Gasteiger partial charge is 0.305 e. The van der Waals surface area contributed by atoms with Gasteiger partial charge in [0.05, 0.1) is 79.3 Å². The molecule has 0 amide bonds. The molecule has 0 aliphatic heterocycles. The molecule has 0 radical (unpaired) electrons. The molecule has 0 saturated carbocycles. The summed E-state index contributed by atoms with van der Waals surface area (Å²) in [5.41, 5.74) is 0.619. The normalized spacial score (nSPS) is 11.1. The maximum atomic E-state index is 11.8. The molecule has 0 saturated heterocycles. The van der Waals surface area contributed by atoms with E-state index in [1.165, 1.54) is 44.9 Å². The van der Waals surface area contributed by atoms with Crippen LogP contribution in [0.5, 0.6) is 5.75 Å². The average Bonchev–Trinajstić information content (AvgIpc) is 3.03. The Labute approximate surface area is 259 Å². The van der Waals surface area contributed by atoms with E-state index in [9.17, 15) is 9.59 Å². The van der Waals surface area contributed by atoms with Crippen LogP contribution in [-0.4, -0.2) is 105 Å². The van der Waals surface area contributed by atoms with Gasteiger partial charge < -0.3 is 37.9 Å². The third-order valence-corrected chi connectivity index (χ3v) is 6.35. The van der Waals surface area contributed by atoms with E-state index in [1.807, 2.05) is 0 Å². The van der Waals surface area contributed by atoms with Gasteiger partial charge in [-0.25, -0.2) is 0 Å². The minimum absolute atomic E-state index is 0.138. The number of ether oxygens (including phenoxy) is 8. The summed E-state index contributed by atoms with van der Waals surface area (Å²) in [5, 5.41) is 0. The lowest BCUT2D eigenvalue weighted by molar-refractivity contribution is -0.145. The first kappa shape index (κ1) is 38.9. The van der Waals surface area contributed by atoms with Gasteiger partial charge in [-0.2, -0.15) is 0 Å². The van der Waals surface area contributed by atoms with Crippen molar-refractivity contribution in [3.05, 3.63) is 29.8 Å². The lowest BCUT2D eigenvalue weighted by atomic mass is 10.1. The third kappa shape index (κ3) is 27.2. The number of carbonyl (C=O) groups excluding carboxylic acids is 2. The molecule has 10 heteroatoms. The van der Waals surface area contributed by atoms with E-state index >= 15 is 0 Å². The Morgan fingerprint density at radius 3 is 1.37 bits per heavy atom. The maximum absolute atomic E-state index is 11.8. The van der Waals surface area contributed by atoms with E-state index in [0.29, 0.717) is 104 Å². The molecule has 0 bridgehead atoms. The number of hydrogen-bond donors (Lipinski definition) is 0. The van der Waals surface area contributed by atoms with Crippen molar-refractivity contribution >= 4 is 12.3 Å². The summed E-state index contributed by atoms with van der Waals surface area (Å²) >= 11 is 0. The van der Waals surface area contributed by atoms with Gasteiger partial charge in [-0.3, -0.25) is 9.59 Å². The fourth-order valence-electron chi connectivity index (χ4n) is 3.93. The van der Waals surface area contributed by atoms with Crippen molar-refractivity contribution in [3.8, 4) is 5.75 Å². The number of esters is 1. The highest BCUT2D eigenvalue weighted by Gasteiger charge is 2.03. The second-order valence-corrected chi connectivity index (χ2v) is 10.0. The topological polar surface area (TPSA) is 108 Å². The van der Waals surface area contributed by atoms with Crippen LogP contribution < -0.4 is 4.74 Å². The van der Waals surface area contributed by atoms with Crippen LogP contribution in [0.15, 0.2) is 24.3 Å². The van der Waals surface area contributed by atoms with Crippen LogP contribution in [0.4, 0.5) is 0 Å². The largest absolute Gasteiger partial charge is 0.491 e. The molecule has 0 fully saturated rings. The molecule has 43 heavy (non-hydrogen) atoms. The summed E-state index contributed by atoms with van der Waals surface area (Å²) in [5.74, 6) is 0.566. The van der Waals surface area contributed by atoms with Gasteiger partial charge in [0.2, 0.25) is 0 Å². The van der Waals surface area contributed by atoms with Gasteiger partial charge in [0.1, 0.15) is 25.2 Å². The average molecular weight is 613 g/mol. The summed E-state index contributed by atoms with van der Waals surface area (Å²) in [4.78, 5) is 22.4. The van der Waals surface area contributed by atoms with Crippen LogP contribution in [0.1, 0.15) is 81.5 Å². The highest BCUT2D eigenvalue weighted by Crippen LogP contribution is 2.11. The number of unbranched alkanes of at least 4 members (excludes halogenated alkanes) is 8. The fraction of sp³-hybridized carbons (Fsp3) is 0.758. The number of aldehydes is 1. The summed E-state index contributed by atoms with van der Waals surface area (Å²) in [6.07, 6.45) is 12.4. The molecule has 10 nitrogen and oxygen atoms in total. The SMILES string of the molecule is CCCCCCCCCCCC(=O)OCCOCCOCCOCCOCCOCCOCCOc1ccc(C=O)cc1. The Morgan fingerprint density at radius 1 is 0.535 bits per heavy atom. The van der Waals surface area contributed by atoms with E-state index < -0.39 is 0 Å². The highest BCUT2D eigenvalue weighted by atomic mass is 16.6. The van der Waals surface area contributed by atoms with Crippen LogP contribution in [-0.2, 0) is 38.0 Å². The second kappa shape index (κ2) is 31.3. The number of benzene rings is 1. The summed E-state index contributed by atoms with van der Waals surface area (Å²) in [7, 11) is 0. The molecule has 0 aromatic heterocycles. The van der Waals surface area contributed by atoms with Crippen LogP contribution in [0, 0.1) is 0 Å². The Hall–Kier alpha value is -2.08. The summed E-state index contributed by atoms with van der Waals surface area (Å²) in [6, 6.07) is 6.93. The minimum atomic E-state index is -0.138. The molecule has 0 spiro atoms. The molecule has 0 aliphatic carbocycles. The quantitative estimate of drug-likeness (QED) is 0.0578. The number of hydrogen-bond acceptors (Lipinski definition) is 10. The van der Waals surface area contributed by atoms with Gasteiger partial charge in [0.25, 0.3) is 0 Å². The predicted molar refractivity (Wildman–Crippen MR) is 165 cm³/mol. The molecule has 0 heterocycles. The van der Waals surface area contributed by atoms with Crippen molar-refractivity contribution < 1.29 is 47.5 Å². The molecule has 248 valence electrons. The van der Waals surface area contributed by atoms with Gasteiger partial charge in [0.15, 0.2) is 0 Å². The lowest BCUT2D eigenvalue weighted by Crippen LogP contribution is -2.15. The van der Waals surface area contributed by atoms with Crippen LogP contribution in [0.3, 0.4) is 0 Å². The fourth-order valence-corrected chi connectivity index (χ4v) is 3.93. The number of carbonyl (C=O) groups is 2. The molecule has 1 rings (SSSR count). The number of rotatable bonds is 33. The molecular formula is C33H56O10. The molecule has 0 atom stereocenters. The highest BCUT2D eigenvalue weighted by molar-refractivity contribution is 5.74. The molecule has 1 aromatic carbocycles. The zero-order valence-electron chi connectivity index (χ0n) is 26.4. The first-order valence-corrected chi connectivity index (χ1v) is 16.1. The van der Waals surface area contributed by atoms with Gasteiger partial charge in [-0.1, -0.05) is 58.3 Å². The first-order chi connectivity index (χ1) is 21.3. The van der Waals surface area contributed by atoms with Crippen molar-refractivity contribution in [2.45, 2.75) is 71.1 Å². The monoisotopic (exact) mass is 612 g/mol. The Kier molecular flexibility index (Phi) is 28.4. The molecule has 0 unspecified atom stereocenters. The van der Waals surface area contributed by atoms with Crippen molar-refractivity contribution in [2.75, 3.05) is 92.5 Å². The van der Waals surface area contributed by atoms with Crippen molar-refractivity contribution in [1.82, 2.24) is 0 Å². The first-order valence-electron chi connectivity index (χ1n) is 16.1. The Bertz CT molecular complexity index is 744. The van der Waals surface area contributed by atoms with Gasteiger partial charge in [0, 0.05) is 12.0 Å². The van der Waals surface area contributed by atoms with Crippen LogP contribution in [0.25, 0.3) is 0 Å². The molecular weight excluding hydrogens is 556 g/mol. The predicted octanol–water partition coefficient (Wildman–Crippen LogP) is 5.44. The Balaban J connectivity index is 1.69. The van der Waals surface area contributed by atoms with Crippen molar-refractivity contribution in [3.63, 3.8) is 0 Å². The van der Waals surface area contributed by atoms with E-state index in [-0.39, 0.29) is 12.6 Å². The molecule has 0 aliphatic rings. The van der Waals surface area contributed by atoms with E-state index in [0.717, 1.165) is 19.1 Å². The standard InChI is InChI=1S/C33H56O10/c1-2-3-4-5-6-7-8-9-10-11-33(35)43-29-27-41-25-23-39-21-19-37-17-16-36-18-20-38-22-24-40-26-28-42-32-14-12-31(30-34)13-15-32/h12-15,30H,2-11,16-29H2,1H3. The maximum Gasteiger partial charge on any atom is 0.305 e. The van der Waals surface area contributed by atoms with Crippen LogP contribution >= 0.6 is 0 Å². The minimum Gasteiger partial charge on any atom is -0.491 e. The second-order valence-electron chi connectivity index (χ2n) is 10.0. The van der Waals surface area contributed by atoms with Gasteiger partial charge >= 0.3 is 5.97 Å².